The Balaban J connectivity index is 2.20. The van der Waals surface area contributed by atoms with Crippen LogP contribution in [0.15, 0.2) is 30.3 Å². The first-order valence-corrected chi connectivity index (χ1v) is 5.46. The summed E-state index contributed by atoms with van der Waals surface area (Å²) in [5.41, 5.74) is 3.89. The van der Waals surface area contributed by atoms with E-state index in [1.54, 1.807) is 0 Å². The summed E-state index contributed by atoms with van der Waals surface area (Å²) in [6.45, 7) is 4.17. The normalized spacial score (nSPS) is 20.5. The Morgan fingerprint density at radius 3 is 2.67 bits per heavy atom. The van der Waals surface area contributed by atoms with Gasteiger partial charge in [0.15, 0.2) is 0 Å². The summed E-state index contributed by atoms with van der Waals surface area (Å²) in [4.78, 5) is 11.0. The van der Waals surface area contributed by atoms with Crippen LogP contribution in [0.1, 0.15) is 30.9 Å². The van der Waals surface area contributed by atoms with Crippen LogP contribution in [0.4, 0.5) is 0 Å². The van der Waals surface area contributed by atoms with Crippen molar-refractivity contribution in [2.75, 3.05) is 0 Å². The fraction of sp³-hybridized carbons (Fsp3) is 0.357. The molecule has 1 aromatic carbocycles. The highest BCUT2D eigenvalue weighted by Gasteiger charge is 2.34. The third kappa shape index (κ3) is 2.17. The van der Waals surface area contributed by atoms with Crippen LogP contribution >= 0.6 is 0 Å². The molecule has 0 saturated heterocycles. The van der Waals surface area contributed by atoms with E-state index in [0.717, 1.165) is 12.8 Å². The molecule has 1 saturated carbocycles. The first kappa shape index (κ1) is 10.2. The Labute approximate surface area is 90.8 Å². The minimum Gasteiger partial charge on any atom is -0.299 e. The summed E-state index contributed by atoms with van der Waals surface area (Å²) in [5.74, 6) is 0.721. The molecular weight excluding hydrogens is 184 g/mol. The van der Waals surface area contributed by atoms with Crippen LogP contribution in [0.25, 0.3) is 5.57 Å². The molecule has 0 amide bonds. The average Bonchev–Trinajstić information content (AvgIpc) is 2.92. The molecule has 1 nitrogen and oxygen atoms in total. The minimum absolute atomic E-state index is 0.302. The molecule has 0 N–H and O–H groups in total. The lowest BCUT2D eigenvalue weighted by Crippen LogP contribution is -1.91. The van der Waals surface area contributed by atoms with Crippen molar-refractivity contribution in [1.82, 2.24) is 0 Å². The predicted molar refractivity (Wildman–Crippen MR) is 62.6 cm³/mol. The van der Waals surface area contributed by atoms with Crippen molar-refractivity contribution in [2.24, 2.45) is 5.92 Å². The van der Waals surface area contributed by atoms with Gasteiger partial charge in [-0.3, -0.25) is 4.79 Å². The monoisotopic (exact) mass is 200 g/mol. The zero-order valence-electron chi connectivity index (χ0n) is 9.29. The van der Waals surface area contributed by atoms with Crippen molar-refractivity contribution in [3.63, 3.8) is 0 Å². The summed E-state index contributed by atoms with van der Waals surface area (Å²) >= 11 is 0. The number of Topliss-reactive ketones (excluding diaryl/α,β-unsaturated/α-hetero) is 1. The second-order valence-electron chi connectivity index (χ2n) is 4.20. The SMILES string of the molecule is C/C=C(/C[C@@H]1CC1=O)c1ccccc1C. The number of aryl methyl sites for hydroxylation is 1. The molecule has 1 aliphatic rings. The van der Waals surface area contributed by atoms with Crippen molar-refractivity contribution in [1.29, 1.82) is 0 Å². The van der Waals surface area contributed by atoms with Gasteiger partial charge in [0.2, 0.25) is 0 Å². The molecule has 1 aromatic rings. The lowest BCUT2D eigenvalue weighted by Gasteiger charge is -2.08. The van der Waals surface area contributed by atoms with Crippen LogP contribution in [0, 0.1) is 12.8 Å². The van der Waals surface area contributed by atoms with Gasteiger partial charge in [0, 0.05) is 12.3 Å². The van der Waals surface area contributed by atoms with E-state index in [4.69, 9.17) is 0 Å². The molecule has 0 aliphatic heterocycles. The molecule has 1 heteroatoms. The Hall–Kier alpha value is -1.37. The van der Waals surface area contributed by atoms with Gasteiger partial charge in [-0.1, -0.05) is 30.3 Å². The number of rotatable bonds is 3. The maximum Gasteiger partial charge on any atom is 0.137 e. The van der Waals surface area contributed by atoms with Gasteiger partial charge in [-0.15, -0.1) is 0 Å². The van der Waals surface area contributed by atoms with Gasteiger partial charge < -0.3 is 0 Å². The number of hydrogen-bond acceptors (Lipinski definition) is 1. The highest BCUT2D eigenvalue weighted by Crippen LogP contribution is 2.35. The summed E-state index contributed by atoms with van der Waals surface area (Å²) < 4.78 is 0. The van der Waals surface area contributed by atoms with E-state index in [1.165, 1.54) is 16.7 Å². The van der Waals surface area contributed by atoms with E-state index >= 15 is 0 Å². The van der Waals surface area contributed by atoms with Crippen molar-refractivity contribution in [3.05, 3.63) is 41.5 Å². The van der Waals surface area contributed by atoms with E-state index in [0.29, 0.717) is 11.7 Å². The molecule has 0 bridgehead atoms. The van der Waals surface area contributed by atoms with Crippen LogP contribution in [0.3, 0.4) is 0 Å². The van der Waals surface area contributed by atoms with Crippen LogP contribution < -0.4 is 0 Å². The van der Waals surface area contributed by atoms with Gasteiger partial charge in [0.25, 0.3) is 0 Å². The molecule has 78 valence electrons. The number of carbonyl (C=O) groups excluding carboxylic acids is 1. The third-order valence-electron chi connectivity index (χ3n) is 3.05. The number of allylic oxidation sites excluding steroid dienone is 2. The Bertz CT molecular complexity index is 415. The molecule has 1 atom stereocenters. The van der Waals surface area contributed by atoms with Crippen LogP contribution in [0.2, 0.25) is 0 Å². The van der Waals surface area contributed by atoms with Crippen molar-refractivity contribution >= 4 is 11.4 Å². The molecule has 0 spiro atoms. The maximum atomic E-state index is 11.0. The summed E-state index contributed by atoms with van der Waals surface area (Å²) in [5, 5.41) is 0. The van der Waals surface area contributed by atoms with E-state index < -0.39 is 0 Å². The topological polar surface area (TPSA) is 17.1 Å². The second kappa shape index (κ2) is 4.01. The molecule has 0 radical (unpaired) electrons. The average molecular weight is 200 g/mol. The number of ketones is 1. The van der Waals surface area contributed by atoms with Crippen LogP contribution in [-0.4, -0.2) is 5.78 Å². The van der Waals surface area contributed by atoms with Gasteiger partial charge in [0.05, 0.1) is 0 Å². The van der Waals surface area contributed by atoms with Crippen molar-refractivity contribution in [2.45, 2.75) is 26.7 Å². The quantitative estimate of drug-likeness (QED) is 0.731. The molecule has 2 rings (SSSR count). The molecule has 0 aromatic heterocycles. The molecule has 0 unspecified atom stereocenters. The zero-order chi connectivity index (χ0) is 10.8. The summed E-state index contributed by atoms with van der Waals surface area (Å²) in [6.07, 6.45) is 3.83. The van der Waals surface area contributed by atoms with Crippen molar-refractivity contribution < 1.29 is 4.79 Å². The van der Waals surface area contributed by atoms with E-state index in [9.17, 15) is 4.79 Å². The summed E-state index contributed by atoms with van der Waals surface area (Å²) in [6, 6.07) is 8.36. The van der Waals surface area contributed by atoms with Crippen LogP contribution in [-0.2, 0) is 4.79 Å². The Morgan fingerprint density at radius 1 is 1.47 bits per heavy atom. The second-order valence-corrected chi connectivity index (χ2v) is 4.20. The molecule has 1 fully saturated rings. The van der Waals surface area contributed by atoms with Crippen molar-refractivity contribution in [3.8, 4) is 0 Å². The van der Waals surface area contributed by atoms with E-state index in [1.807, 2.05) is 6.07 Å². The van der Waals surface area contributed by atoms with Crippen LogP contribution in [0.5, 0.6) is 0 Å². The third-order valence-corrected chi connectivity index (χ3v) is 3.05. The zero-order valence-corrected chi connectivity index (χ0v) is 9.29. The van der Waals surface area contributed by atoms with Gasteiger partial charge in [-0.25, -0.2) is 0 Å². The Morgan fingerprint density at radius 2 is 2.13 bits per heavy atom. The van der Waals surface area contributed by atoms with E-state index in [-0.39, 0.29) is 0 Å². The maximum absolute atomic E-state index is 11.0. The summed E-state index contributed by atoms with van der Waals surface area (Å²) in [7, 11) is 0. The first-order valence-electron chi connectivity index (χ1n) is 5.46. The van der Waals surface area contributed by atoms with E-state index in [2.05, 4.69) is 38.1 Å². The number of carbonyl (C=O) groups is 1. The molecule has 1 aliphatic carbocycles. The largest absolute Gasteiger partial charge is 0.299 e. The molecule has 0 heterocycles. The smallest absolute Gasteiger partial charge is 0.137 e. The fourth-order valence-electron chi connectivity index (χ4n) is 1.95. The lowest BCUT2D eigenvalue weighted by atomic mass is 9.96. The number of hydrogen-bond donors (Lipinski definition) is 0. The Kier molecular flexibility index (Phi) is 2.72. The fourth-order valence-corrected chi connectivity index (χ4v) is 1.95. The van der Waals surface area contributed by atoms with Gasteiger partial charge in [-0.05, 0) is 37.0 Å². The minimum atomic E-state index is 0.302. The van der Waals surface area contributed by atoms with Gasteiger partial charge in [-0.2, -0.15) is 0 Å². The first-order chi connectivity index (χ1) is 7.22. The van der Waals surface area contributed by atoms with Gasteiger partial charge in [0.1, 0.15) is 5.78 Å². The molecule has 15 heavy (non-hydrogen) atoms. The highest BCUT2D eigenvalue weighted by molar-refractivity contribution is 5.97. The number of benzene rings is 1. The predicted octanol–water partition coefficient (Wildman–Crippen LogP) is 3.38. The lowest BCUT2D eigenvalue weighted by molar-refractivity contribution is -0.111. The highest BCUT2D eigenvalue weighted by atomic mass is 16.1. The van der Waals surface area contributed by atoms with Gasteiger partial charge >= 0.3 is 0 Å². The molecular formula is C14H16O. The standard InChI is InChI=1S/C14H16O/c1-3-11(8-12-9-14(12)15)13-7-5-4-6-10(13)2/h3-7,12H,8-9H2,1-2H3/b11-3-/t12-/m1/s1.